The van der Waals surface area contributed by atoms with Gasteiger partial charge in [-0.1, -0.05) is 19.4 Å². The third-order valence-electron chi connectivity index (χ3n) is 11.1. The van der Waals surface area contributed by atoms with Crippen LogP contribution in [0.2, 0.25) is 0 Å². The molecule has 0 aromatic carbocycles. The molecule has 5 aliphatic rings. The van der Waals surface area contributed by atoms with E-state index in [4.69, 9.17) is 9.15 Å². The Morgan fingerprint density at radius 1 is 1.08 bits per heavy atom. The number of hydrogen-bond donors (Lipinski definition) is 2. The number of nitrogens with zero attached hydrogens (tertiary/aromatic N) is 1. The highest BCUT2D eigenvalue weighted by atomic mass is 16.6. The molecule has 2 N–H and O–H groups in total. The minimum atomic E-state index is -0.731. The maximum Gasteiger partial charge on any atom is 0.410 e. The van der Waals surface area contributed by atoms with Gasteiger partial charge in [0.15, 0.2) is 0 Å². The highest BCUT2D eigenvalue weighted by molar-refractivity contribution is 5.68. The van der Waals surface area contributed by atoms with Crippen LogP contribution in [-0.2, 0) is 4.74 Å². The van der Waals surface area contributed by atoms with Crippen LogP contribution in [0.25, 0.3) is 0 Å². The molecule has 7 heteroatoms. The van der Waals surface area contributed by atoms with Crippen LogP contribution in [0.15, 0.2) is 39.3 Å². The first-order valence-corrected chi connectivity index (χ1v) is 13.8. The van der Waals surface area contributed by atoms with E-state index in [1.54, 1.807) is 11.2 Å². The number of rotatable bonds is 2. The summed E-state index contributed by atoms with van der Waals surface area (Å²) in [6.07, 6.45) is 10.8. The van der Waals surface area contributed by atoms with Crippen molar-refractivity contribution in [3.8, 4) is 0 Å². The molecule has 7 nitrogen and oxygen atoms in total. The van der Waals surface area contributed by atoms with Gasteiger partial charge in [0.25, 0.3) is 0 Å². The lowest BCUT2D eigenvalue weighted by Crippen LogP contribution is -2.60. The monoisotopic (exact) mass is 497 g/mol. The second-order valence-electron chi connectivity index (χ2n) is 12.6. The predicted molar refractivity (Wildman–Crippen MR) is 133 cm³/mol. The Bertz CT molecular complexity index is 1110. The summed E-state index contributed by atoms with van der Waals surface area (Å²) >= 11 is 0. The molecule has 1 aromatic heterocycles. The van der Waals surface area contributed by atoms with Crippen LogP contribution in [0.4, 0.5) is 4.79 Å². The van der Waals surface area contributed by atoms with Gasteiger partial charge in [0.2, 0.25) is 0 Å². The molecule has 0 bridgehead atoms. The maximum absolute atomic E-state index is 12.6. The van der Waals surface area contributed by atoms with E-state index in [9.17, 15) is 19.8 Å². The van der Waals surface area contributed by atoms with Crippen LogP contribution in [-0.4, -0.2) is 52.1 Å². The first-order chi connectivity index (χ1) is 17.1. The summed E-state index contributed by atoms with van der Waals surface area (Å²) in [5, 5.41) is 22.1. The van der Waals surface area contributed by atoms with Crippen LogP contribution in [0.3, 0.4) is 0 Å². The van der Waals surface area contributed by atoms with Gasteiger partial charge in [-0.3, -0.25) is 0 Å². The van der Waals surface area contributed by atoms with Gasteiger partial charge in [-0.25, -0.2) is 9.59 Å². The van der Waals surface area contributed by atoms with E-state index in [0.717, 1.165) is 56.9 Å². The smallest absolute Gasteiger partial charge is 0.410 e. The van der Waals surface area contributed by atoms with Crippen molar-refractivity contribution in [3.05, 3.63) is 46.0 Å². The second kappa shape index (κ2) is 8.45. The Hall–Kier alpha value is -2.12. The van der Waals surface area contributed by atoms with Gasteiger partial charge >= 0.3 is 11.7 Å². The van der Waals surface area contributed by atoms with Crippen molar-refractivity contribution in [2.24, 2.45) is 22.7 Å². The van der Waals surface area contributed by atoms with Gasteiger partial charge in [0.1, 0.15) is 6.10 Å². The summed E-state index contributed by atoms with van der Waals surface area (Å²) in [6.45, 7) is 5.54. The van der Waals surface area contributed by atoms with Crippen molar-refractivity contribution in [1.29, 1.82) is 0 Å². The molecule has 0 radical (unpaired) electrons. The summed E-state index contributed by atoms with van der Waals surface area (Å²) in [5.41, 5.74) is 1.14. The fraction of sp³-hybridized carbons (Fsp3) is 0.724. The van der Waals surface area contributed by atoms with Gasteiger partial charge in [-0.2, -0.15) is 0 Å². The van der Waals surface area contributed by atoms with Crippen LogP contribution < -0.4 is 5.63 Å². The molecular formula is C29H39NO6. The van der Waals surface area contributed by atoms with Gasteiger partial charge in [0.05, 0.1) is 18.0 Å². The highest BCUT2D eigenvalue weighted by Gasteiger charge is 2.66. The summed E-state index contributed by atoms with van der Waals surface area (Å²) in [6, 6.07) is 3.38. The Labute approximate surface area is 212 Å². The molecule has 0 spiro atoms. The number of allylic oxidation sites excluding steroid dienone is 1. The Balaban J connectivity index is 1.21. The molecule has 1 amide bonds. The molecule has 4 fully saturated rings. The van der Waals surface area contributed by atoms with E-state index in [1.807, 2.05) is 6.07 Å². The lowest BCUT2D eigenvalue weighted by atomic mass is 9.45. The first kappa shape index (κ1) is 24.2. The number of carbonyl (C=O) groups is 1. The number of carbonyl (C=O) groups excluding carboxylic acids is 1. The summed E-state index contributed by atoms with van der Waals surface area (Å²) < 4.78 is 11.1. The van der Waals surface area contributed by atoms with E-state index < -0.39 is 11.7 Å². The molecule has 3 saturated carbocycles. The Kier molecular flexibility index (Phi) is 5.69. The highest BCUT2D eigenvalue weighted by Crippen LogP contribution is 2.70. The predicted octanol–water partition coefficient (Wildman–Crippen LogP) is 4.37. The number of hydrogen-bond acceptors (Lipinski definition) is 6. The molecule has 1 aliphatic heterocycles. The van der Waals surface area contributed by atoms with Gasteiger partial charge in [-0.15, -0.1) is 0 Å². The van der Waals surface area contributed by atoms with E-state index in [-0.39, 0.29) is 40.5 Å². The zero-order chi connectivity index (χ0) is 25.3. The molecule has 2 heterocycles. The van der Waals surface area contributed by atoms with Gasteiger partial charge in [-0.05, 0) is 98.7 Å². The number of aliphatic hydroxyl groups is 2. The number of β-amino-alcohol motifs (C(OH)–C–C–N with tert-alkyl or cyclic N) is 1. The summed E-state index contributed by atoms with van der Waals surface area (Å²) in [7, 11) is 0. The number of fused-ring (bicyclic) bond motifs is 5. The van der Waals surface area contributed by atoms with Crippen LogP contribution in [0.5, 0.6) is 0 Å². The van der Waals surface area contributed by atoms with Crippen LogP contribution >= 0.6 is 0 Å². The van der Waals surface area contributed by atoms with E-state index in [0.29, 0.717) is 25.4 Å². The van der Waals surface area contributed by atoms with Gasteiger partial charge in [0, 0.05) is 24.6 Å². The fourth-order valence-corrected chi connectivity index (χ4v) is 8.97. The number of aliphatic hydroxyl groups excluding tert-OH is 1. The minimum absolute atomic E-state index is 0.0182. The molecule has 196 valence electrons. The lowest BCUT2D eigenvalue weighted by Gasteiger charge is -2.61. The van der Waals surface area contributed by atoms with Crippen molar-refractivity contribution in [2.75, 3.05) is 13.1 Å². The minimum Gasteiger partial charge on any atom is -0.442 e. The Morgan fingerprint density at radius 2 is 1.92 bits per heavy atom. The third kappa shape index (κ3) is 3.52. The second-order valence-corrected chi connectivity index (χ2v) is 12.6. The largest absolute Gasteiger partial charge is 0.442 e. The average Bonchev–Trinajstić information content (AvgIpc) is 3.41. The fourth-order valence-electron chi connectivity index (χ4n) is 8.97. The van der Waals surface area contributed by atoms with Crippen molar-refractivity contribution >= 4 is 6.09 Å². The molecule has 8 atom stereocenters. The Morgan fingerprint density at radius 3 is 2.64 bits per heavy atom. The van der Waals surface area contributed by atoms with Crippen molar-refractivity contribution < 1.29 is 24.2 Å². The molecule has 6 rings (SSSR count). The number of ether oxygens (including phenoxy) is 1. The first-order valence-electron chi connectivity index (χ1n) is 13.8. The SMILES string of the molecule is C[C@]12CCC(OC(=O)N3CCC(O)C3)C=C1CC[C@@H]1[C@@H]2CC[C@]2(C)[C@@H](c3ccc(=O)oc3)CC[C@]12O. The standard InChI is InChI=1S/C29H39NO6/c1-27-11-7-21(36-26(33)30-14-10-20(31)16-30)15-19(27)4-5-24-23(27)8-12-28(2)22(9-13-29(24,28)34)18-3-6-25(32)35-17-18/h3,6,15,17,20-24,31,34H,4-5,7-14,16H2,1-2H3/t20?,21?,22-,23+,24-,27+,28-,29+/m1/s1. The molecular weight excluding hydrogens is 458 g/mol. The average molecular weight is 498 g/mol. The van der Waals surface area contributed by atoms with Crippen molar-refractivity contribution in [1.82, 2.24) is 4.90 Å². The third-order valence-corrected chi connectivity index (χ3v) is 11.1. The zero-order valence-corrected chi connectivity index (χ0v) is 21.4. The summed E-state index contributed by atoms with van der Waals surface area (Å²) in [4.78, 5) is 25.7. The van der Waals surface area contributed by atoms with Crippen molar-refractivity contribution in [2.45, 2.75) is 95.4 Å². The van der Waals surface area contributed by atoms with Gasteiger partial charge < -0.3 is 24.3 Å². The quantitative estimate of drug-likeness (QED) is 0.589. The molecule has 1 saturated heterocycles. The molecule has 2 unspecified atom stereocenters. The van der Waals surface area contributed by atoms with E-state index in [2.05, 4.69) is 19.9 Å². The van der Waals surface area contributed by atoms with Crippen molar-refractivity contribution in [3.63, 3.8) is 0 Å². The topological polar surface area (TPSA) is 100 Å². The number of amides is 1. The van der Waals surface area contributed by atoms with Crippen LogP contribution in [0.1, 0.15) is 83.1 Å². The molecule has 1 aromatic rings. The zero-order valence-electron chi connectivity index (χ0n) is 21.4. The normalized spacial score (nSPS) is 43.8. The lowest BCUT2D eigenvalue weighted by molar-refractivity contribution is -0.178. The molecule has 36 heavy (non-hydrogen) atoms. The van der Waals surface area contributed by atoms with Crippen LogP contribution in [0, 0.1) is 22.7 Å². The molecule has 4 aliphatic carbocycles. The summed E-state index contributed by atoms with van der Waals surface area (Å²) in [5.74, 6) is 0.842. The maximum atomic E-state index is 12.6. The number of likely N-dealkylation sites (tertiary alicyclic amines) is 1. The van der Waals surface area contributed by atoms with E-state index >= 15 is 0 Å². The van der Waals surface area contributed by atoms with E-state index in [1.165, 1.54) is 11.6 Å².